The minimum absolute atomic E-state index is 0.0333. The SMILES string of the molecule is CN(C)S(=O)(=O)c1cc(C(=O)Nc2ccc3c(c2)n(C)c(=O)n3C)ccc1Cl. The van der Waals surface area contributed by atoms with Crippen LogP contribution in [0.1, 0.15) is 10.4 Å². The van der Waals surface area contributed by atoms with Gasteiger partial charge in [-0.3, -0.25) is 13.9 Å². The fraction of sp³-hybridized carbons (Fsp3) is 0.222. The maximum absolute atomic E-state index is 12.6. The fourth-order valence-corrected chi connectivity index (χ4v) is 4.22. The van der Waals surface area contributed by atoms with Gasteiger partial charge in [-0.1, -0.05) is 11.6 Å². The molecular weight excluding hydrogens is 404 g/mol. The Morgan fingerprint density at radius 3 is 2.32 bits per heavy atom. The third-order valence-electron chi connectivity index (χ3n) is 4.48. The summed E-state index contributed by atoms with van der Waals surface area (Å²) in [7, 11) is 2.30. The molecule has 0 bridgehead atoms. The first-order valence-electron chi connectivity index (χ1n) is 8.23. The second-order valence-corrected chi connectivity index (χ2v) is 9.02. The number of amides is 1. The average molecular weight is 423 g/mol. The Morgan fingerprint density at radius 1 is 1.04 bits per heavy atom. The number of aromatic nitrogens is 2. The second kappa shape index (κ2) is 7.08. The zero-order valence-corrected chi connectivity index (χ0v) is 17.3. The van der Waals surface area contributed by atoms with E-state index in [0.29, 0.717) is 11.2 Å². The lowest BCUT2D eigenvalue weighted by Gasteiger charge is -2.14. The Hall–Kier alpha value is -2.62. The van der Waals surface area contributed by atoms with Crippen LogP contribution in [-0.2, 0) is 24.1 Å². The van der Waals surface area contributed by atoms with Crippen LogP contribution in [0.15, 0.2) is 46.1 Å². The Labute approximate surface area is 167 Å². The summed E-state index contributed by atoms with van der Waals surface area (Å²) in [6, 6.07) is 9.15. The van der Waals surface area contributed by atoms with Crippen LogP contribution in [0.2, 0.25) is 5.02 Å². The van der Waals surface area contributed by atoms with Crippen molar-refractivity contribution in [2.24, 2.45) is 14.1 Å². The number of hydrogen-bond acceptors (Lipinski definition) is 4. The summed E-state index contributed by atoms with van der Waals surface area (Å²) in [4.78, 5) is 24.5. The van der Waals surface area contributed by atoms with Gasteiger partial charge in [0.1, 0.15) is 4.90 Å². The van der Waals surface area contributed by atoms with E-state index in [1.165, 1.54) is 41.4 Å². The van der Waals surface area contributed by atoms with Gasteiger partial charge in [-0.05, 0) is 36.4 Å². The number of imidazole rings is 1. The highest BCUT2D eigenvalue weighted by Gasteiger charge is 2.22. The van der Waals surface area contributed by atoms with Gasteiger partial charge in [0, 0.05) is 39.4 Å². The normalized spacial score (nSPS) is 11.9. The zero-order valence-electron chi connectivity index (χ0n) is 15.7. The quantitative estimate of drug-likeness (QED) is 0.696. The van der Waals surface area contributed by atoms with Gasteiger partial charge in [0.15, 0.2) is 0 Å². The van der Waals surface area contributed by atoms with Crippen molar-refractivity contribution in [2.75, 3.05) is 19.4 Å². The van der Waals surface area contributed by atoms with Gasteiger partial charge in [0.2, 0.25) is 10.0 Å². The lowest BCUT2D eigenvalue weighted by Crippen LogP contribution is -2.23. The van der Waals surface area contributed by atoms with E-state index in [-0.39, 0.29) is 21.2 Å². The molecule has 8 nitrogen and oxygen atoms in total. The molecule has 0 fully saturated rings. The summed E-state index contributed by atoms with van der Waals surface area (Å²) in [5.74, 6) is -0.493. The van der Waals surface area contributed by atoms with Crippen molar-refractivity contribution in [1.82, 2.24) is 13.4 Å². The summed E-state index contributed by atoms with van der Waals surface area (Å²) in [6.07, 6.45) is 0. The molecule has 0 saturated heterocycles. The van der Waals surface area contributed by atoms with Crippen molar-refractivity contribution in [3.63, 3.8) is 0 Å². The molecule has 28 heavy (non-hydrogen) atoms. The molecule has 1 N–H and O–H groups in total. The Morgan fingerprint density at radius 2 is 1.68 bits per heavy atom. The molecule has 148 valence electrons. The van der Waals surface area contributed by atoms with Gasteiger partial charge in [0.25, 0.3) is 5.91 Å². The number of nitrogens with zero attached hydrogens (tertiary/aromatic N) is 3. The molecule has 3 aromatic rings. The molecule has 0 atom stereocenters. The van der Waals surface area contributed by atoms with E-state index in [9.17, 15) is 18.0 Å². The predicted octanol–water partition coefficient (Wildman–Crippen LogP) is 2.03. The Kier molecular flexibility index (Phi) is 5.09. The van der Waals surface area contributed by atoms with E-state index >= 15 is 0 Å². The largest absolute Gasteiger partial charge is 0.328 e. The van der Waals surface area contributed by atoms with Gasteiger partial charge in [-0.15, -0.1) is 0 Å². The van der Waals surface area contributed by atoms with Gasteiger partial charge in [-0.2, -0.15) is 0 Å². The molecule has 1 amide bonds. The second-order valence-electron chi connectivity index (χ2n) is 6.49. The molecule has 3 rings (SSSR count). The molecule has 0 unspecified atom stereocenters. The number of carbonyl (C=O) groups excluding carboxylic acids is 1. The first-order chi connectivity index (χ1) is 13.0. The summed E-state index contributed by atoms with van der Waals surface area (Å²) < 4.78 is 28.8. The van der Waals surface area contributed by atoms with Crippen LogP contribution in [-0.4, -0.2) is 41.9 Å². The van der Waals surface area contributed by atoms with Crippen molar-refractivity contribution in [2.45, 2.75) is 4.90 Å². The average Bonchev–Trinajstić information content (AvgIpc) is 2.85. The topological polar surface area (TPSA) is 93.4 Å². The highest BCUT2D eigenvalue weighted by Crippen LogP contribution is 2.25. The van der Waals surface area contributed by atoms with Crippen LogP contribution < -0.4 is 11.0 Å². The van der Waals surface area contributed by atoms with Gasteiger partial charge in [0.05, 0.1) is 16.1 Å². The number of halogens is 1. The molecule has 1 aromatic heterocycles. The van der Waals surface area contributed by atoms with Crippen LogP contribution in [0.4, 0.5) is 5.69 Å². The van der Waals surface area contributed by atoms with Gasteiger partial charge in [-0.25, -0.2) is 17.5 Å². The number of carbonyl (C=O) groups is 1. The molecule has 0 spiro atoms. The third kappa shape index (κ3) is 3.32. The first-order valence-corrected chi connectivity index (χ1v) is 10.0. The molecule has 0 aliphatic heterocycles. The highest BCUT2D eigenvalue weighted by atomic mass is 35.5. The standard InChI is InChI=1S/C18H19ClN4O4S/c1-21(2)28(26,27)16-9-11(5-7-13(16)19)17(24)20-12-6-8-14-15(10-12)23(4)18(25)22(14)3/h5-10H,1-4H3,(H,20,24). The predicted molar refractivity (Wildman–Crippen MR) is 108 cm³/mol. The third-order valence-corrected chi connectivity index (χ3v) is 6.78. The van der Waals surface area contributed by atoms with Crippen molar-refractivity contribution in [1.29, 1.82) is 0 Å². The first kappa shape index (κ1) is 20.1. The van der Waals surface area contributed by atoms with Crippen molar-refractivity contribution in [3.05, 3.63) is 57.5 Å². The smallest absolute Gasteiger partial charge is 0.322 e. The van der Waals surface area contributed by atoms with Crippen LogP contribution in [0, 0.1) is 0 Å². The number of fused-ring (bicyclic) bond motifs is 1. The monoisotopic (exact) mass is 422 g/mol. The summed E-state index contributed by atoms with van der Waals surface area (Å²) in [5, 5.41) is 2.75. The molecule has 0 radical (unpaired) electrons. The van der Waals surface area contributed by atoms with Crippen molar-refractivity contribution < 1.29 is 13.2 Å². The van der Waals surface area contributed by atoms with Gasteiger partial charge < -0.3 is 5.32 Å². The number of aryl methyl sites for hydroxylation is 2. The number of benzene rings is 2. The molecule has 2 aromatic carbocycles. The van der Waals surface area contributed by atoms with Gasteiger partial charge >= 0.3 is 5.69 Å². The number of nitrogens with one attached hydrogen (secondary N) is 1. The van der Waals surface area contributed by atoms with E-state index in [1.54, 1.807) is 32.3 Å². The number of sulfonamides is 1. The van der Waals surface area contributed by atoms with Crippen LogP contribution in [0.3, 0.4) is 0 Å². The van der Waals surface area contributed by atoms with E-state index in [1.807, 2.05) is 0 Å². The summed E-state index contributed by atoms with van der Waals surface area (Å²) in [6.45, 7) is 0. The van der Waals surface area contributed by atoms with Crippen LogP contribution >= 0.6 is 11.6 Å². The molecular formula is C18H19ClN4O4S. The number of hydrogen-bond donors (Lipinski definition) is 1. The maximum Gasteiger partial charge on any atom is 0.328 e. The minimum atomic E-state index is -3.79. The molecule has 1 heterocycles. The number of anilines is 1. The summed E-state index contributed by atoms with van der Waals surface area (Å²) >= 11 is 6.02. The Balaban J connectivity index is 1.97. The number of rotatable bonds is 4. The van der Waals surface area contributed by atoms with E-state index in [0.717, 1.165) is 9.82 Å². The molecule has 0 aliphatic rings. The van der Waals surface area contributed by atoms with E-state index < -0.39 is 15.9 Å². The highest BCUT2D eigenvalue weighted by molar-refractivity contribution is 7.89. The molecule has 10 heteroatoms. The Bertz CT molecular complexity index is 1260. The summed E-state index contributed by atoms with van der Waals surface area (Å²) in [5.41, 5.74) is 1.85. The van der Waals surface area contributed by atoms with E-state index in [2.05, 4.69) is 5.32 Å². The molecule has 0 saturated carbocycles. The maximum atomic E-state index is 12.6. The molecule has 0 aliphatic carbocycles. The van der Waals surface area contributed by atoms with E-state index in [4.69, 9.17) is 11.6 Å². The van der Waals surface area contributed by atoms with Crippen LogP contribution in [0.25, 0.3) is 11.0 Å². The van der Waals surface area contributed by atoms with Crippen molar-refractivity contribution in [3.8, 4) is 0 Å². The van der Waals surface area contributed by atoms with Crippen molar-refractivity contribution >= 4 is 44.3 Å². The lowest BCUT2D eigenvalue weighted by atomic mass is 10.2. The fourth-order valence-electron chi connectivity index (χ4n) is 2.83. The van der Waals surface area contributed by atoms with Crippen LogP contribution in [0.5, 0.6) is 0 Å². The zero-order chi connectivity index (χ0) is 20.8. The minimum Gasteiger partial charge on any atom is -0.322 e. The lowest BCUT2D eigenvalue weighted by molar-refractivity contribution is 0.102.